The van der Waals surface area contributed by atoms with E-state index in [0.717, 1.165) is 37.8 Å². The molecular weight excluding hydrogens is 662 g/mol. The Hall–Kier alpha value is -3.54. The third kappa shape index (κ3) is 20.3. The molecule has 0 aliphatic heterocycles. The zero-order valence-corrected chi connectivity index (χ0v) is 30.6. The predicted octanol–water partition coefficient (Wildman–Crippen LogP) is 5.55. The van der Waals surface area contributed by atoms with E-state index in [0.29, 0.717) is 13.2 Å². The minimum atomic E-state index is -1.28. The van der Waals surface area contributed by atoms with Gasteiger partial charge in [0.1, 0.15) is 13.2 Å². The van der Waals surface area contributed by atoms with Crippen LogP contribution in [-0.4, -0.2) is 60.4 Å². The number of benzene rings is 2. The second-order valence-corrected chi connectivity index (χ2v) is 10.8. The van der Waals surface area contributed by atoms with Gasteiger partial charge in [0.25, 0.3) is 0 Å². The van der Waals surface area contributed by atoms with Gasteiger partial charge in [-0.15, -0.1) is 0 Å². The average molecular weight is 710 g/mol. The van der Waals surface area contributed by atoms with Gasteiger partial charge in [0.15, 0.2) is 0 Å². The number of carbonyl (C=O) groups excluding carboxylic acids is 2. The van der Waals surface area contributed by atoms with Crippen LogP contribution in [0.15, 0.2) is 36.4 Å². The molecular formula is C34H48N2O10Zn. The fourth-order valence-electron chi connectivity index (χ4n) is 4.25. The van der Waals surface area contributed by atoms with E-state index in [-0.39, 0.29) is 67.0 Å². The fraction of sp³-hybridized carbons (Fsp3) is 0.529. The molecule has 2 aromatic carbocycles. The molecule has 47 heavy (non-hydrogen) atoms. The molecule has 0 heterocycles. The smallest absolute Gasteiger partial charge is 0.872 e. The molecule has 0 atom stereocenters. The van der Waals surface area contributed by atoms with Gasteiger partial charge in [-0.25, -0.2) is 9.59 Å². The third-order valence-electron chi connectivity index (χ3n) is 6.74. The standard InChI is InChI=1S/2C17H25NO5.Zn/c2*1-2-3-4-5-6-7-10-23-12-16(20)18-13-8-9-14(17(21)22)15(19)11-13;/h2*8-9,11,19H,2-7,10,12H2,1H3,(H,18,20)(H,21,22);/q;;+2/p-2. The van der Waals surface area contributed by atoms with Crippen LogP contribution < -0.4 is 20.8 Å². The van der Waals surface area contributed by atoms with Gasteiger partial charge in [-0.2, -0.15) is 0 Å². The number of carbonyl (C=O) groups is 4. The molecule has 0 fully saturated rings. The first-order valence-corrected chi connectivity index (χ1v) is 15.9. The van der Waals surface area contributed by atoms with Crippen LogP contribution >= 0.6 is 0 Å². The molecule has 256 valence electrons. The summed E-state index contributed by atoms with van der Waals surface area (Å²) in [4.78, 5) is 44.8. The van der Waals surface area contributed by atoms with E-state index in [1.807, 2.05) is 0 Å². The predicted molar refractivity (Wildman–Crippen MR) is 171 cm³/mol. The molecule has 0 spiro atoms. The first-order chi connectivity index (χ1) is 22.1. The van der Waals surface area contributed by atoms with Crippen molar-refractivity contribution in [2.24, 2.45) is 0 Å². The molecule has 12 nitrogen and oxygen atoms in total. The first kappa shape index (κ1) is 43.5. The van der Waals surface area contributed by atoms with Gasteiger partial charge < -0.3 is 40.5 Å². The number of aromatic carboxylic acids is 2. The molecule has 0 radical (unpaired) electrons. The molecule has 13 heteroatoms. The van der Waals surface area contributed by atoms with Crippen LogP contribution in [0.5, 0.6) is 11.5 Å². The number of carboxylic acid groups (broad SMARTS) is 2. The van der Waals surface area contributed by atoms with Crippen LogP contribution in [0.3, 0.4) is 0 Å². The number of carboxylic acids is 2. The summed E-state index contributed by atoms with van der Waals surface area (Å²) in [6.07, 6.45) is 13.8. The van der Waals surface area contributed by atoms with Crippen LogP contribution in [-0.2, 0) is 38.5 Å². The molecule has 2 aromatic rings. The van der Waals surface area contributed by atoms with Gasteiger partial charge in [-0.05, 0) is 49.2 Å². The summed E-state index contributed by atoms with van der Waals surface area (Å²) < 4.78 is 10.6. The van der Waals surface area contributed by atoms with E-state index in [2.05, 4.69) is 24.5 Å². The average Bonchev–Trinajstić information content (AvgIpc) is 3.00. The van der Waals surface area contributed by atoms with E-state index in [4.69, 9.17) is 19.7 Å². The first-order valence-electron chi connectivity index (χ1n) is 15.9. The van der Waals surface area contributed by atoms with Crippen molar-refractivity contribution in [1.29, 1.82) is 0 Å². The van der Waals surface area contributed by atoms with Crippen molar-refractivity contribution in [3.63, 3.8) is 0 Å². The van der Waals surface area contributed by atoms with Crippen molar-refractivity contribution in [2.75, 3.05) is 37.1 Å². The van der Waals surface area contributed by atoms with Crippen molar-refractivity contribution in [2.45, 2.75) is 90.9 Å². The molecule has 2 rings (SSSR count). The Morgan fingerprint density at radius 2 is 0.936 bits per heavy atom. The quantitative estimate of drug-likeness (QED) is 0.0889. The van der Waals surface area contributed by atoms with Gasteiger partial charge in [-0.3, -0.25) is 9.59 Å². The molecule has 0 bridgehead atoms. The van der Waals surface area contributed by atoms with Gasteiger partial charge in [0, 0.05) is 24.6 Å². The Morgan fingerprint density at radius 3 is 1.26 bits per heavy atom. The van der Waals surface area contributed by atoms with Gasteiger partial charge in [-0.1, -0.05) is 89.6 Å². The largest absolute Gasteiger partial charge is 2.00 e. The normalized spacial score (nSPS) is 10.3. The number of hydrogen-bond acceptors (Lipinski definition) is 8. The summed E-state index contributed by atoms with van der Waals surface area (Å²) in [6, 6.07) is 7.31. The minimum absolute atomic E-state index is 0. The Labute approximate surface area is 290 Å². The molecule has 0 saturated heterocycles. The number of rotatable bonds is 22. The number of amides is 2. The number of unbranched alkanes of at least 4 members (excludes halogenated alkanes) is 10. The molecule has 0 aliphatic rings. The number of ether oxygens (including phenoxy) is 2. The van der Waals surface area contributed by atoms with Crippen LogP contribution in [0.2, 0.25) is 0 Å². The Kier molecular flexibility index (Phi) is 24.5. The Balaban J connectivity index is 0.000000882. The number of nitrogens with one attached hydrogen (secondary N) is 2. The van der Waals surface area contributed by atoms with Crippen LogP contribution in [0, 0.1) is 0 Å². The van der Waals surface area contributed by atoms with E-state index >= 15 is 0 Å². The third-order valence-corrected chi connectivity index (χ3v) is 6.74. The maximum absolute atomic E-state index is 11.7. The summed E-state index contributed by atoms with van der Waals surface area (Å²) in [7, 11) is 0. The Morgan fingerprint density at radius 1 is 0.596 bits per heavy atom. The maximum atomic E-state index is 11.7. The summed E-state index contributed by atoms with van der Waals surface area (Å²) in [5.74, 6) is -4.56. The van der Waals surface area contributed by atoms with Crippen molar-refractivity contribution in [3.05, 3.63) is 47.5 Å². The van der Waals surface area contributed by atoms with Crippen LogP contribution in [0.25, 0.3) is 0 Å². The zero-order chi connectivity index (χ0) is 34.2. The van der Waals surface area contributed by atoms with Gasteiger partial charge in [0.05, 0.1) is 11.1 Å². The summed E-state index contributed by atoms with van der Waals surface area (Å²) in [5, 5.41) is 45.6. The van der Waals surface area contributed by atoms with Gasteiger partial charge in [0.2, 0.25) is 11.8 Å². The summed E-state index contributed by atoms with van der Waals surface area (Å²) in [6.45, 7) is 5.25. The second-order valence-electron chi connectivity index (χ2n) is 10.8. The molecule has 0 unspecified atom stereocenters. The fourth-order valence-corrected chi connectivity index (χ4v) is 4.25. The molecule has 0 aromatic heterocycles. The minimum Gasteiger partial charge on any atom is -0.872 e. The van der Waals surface area contributed by atoms with E-state index in [1.54, 1.807) is 0 Å². The van der Waals surface area contributed by atoms with E-state index in [1.165, 1.54) is 75.6 Å². The molecule has 2 amide bonds. The topological polar surface area (TPSA) is 197 Å². The van der Waals surface area contributed by atoms with Crippen molar-refractivity contribution >= 4 is 35.1 Å². The van der Waals surface area contributed by atoms with Crippen LogP contribution in [0.4, 0.5) is 11.4 Å². The van der Waals surface area contributed by atoms with Gasteiger partial charge >= 0.3 is 31.4 Å². The molecule has 0 aliphatic carbocycles. The van der Waals surface area contributed by atoms with E-state index < -0.39 is 23.4 Å². The van der Waals surface area contributed by atoms with Crippen molar-refractivity contribution in [3.8, 4) is 11.5 Å². The number of anilines is 2. The SMILES string of the molecule is CCCCCCCCOCC(=O)Nc1ccc(C(=O)O)c([O-])c1.CCCCCCCCOCC(=O)Nc1ccc(C(=O)O)c([O-])c1.[Zn+2]. The monoisotopic (exact) mass is 708 g/mol. The zero-order valence-electron chi connectivity index (χ0n) is 27.6. The maximum Gasteiger partial charge on any atom is 2.00 e. The summed E-state index contributed by atoms with van der Waals surface area (Å²) in [5.41, 5.74) is -0.0917. The summed E-state index contributed by atoms with van der Waals surface area (Å²) >= 11 is 0. The van der Waals surface area contributed by atoms with Crippen molar-refractivity contribution < 1.29 is 68.6 Å². The van der Waals surface area contributed by atoms with Crippen LogP contribution in [0.1, 0.15) is 112 Å². The van der Waals surface area contributed by atoms with Crippen molar-refractivity contribution in [1.82, 2.24) is 0 Å². The second kappa shape index (κ2) is 26.5. The molecule has 4 N–H and O–H groups in total. The molecule has 0 saturated carbocycles. The Bertz CT molecular complexity index is 1130. The van der Waals surface area contributed by atoms with E-state index in [9.17, 15) is 29.4 Å². The number of hydrogen-bond donors (Lipinski definition) is 4.